The smallest absolute Gasteiger partial charge is 0.324 e. The number of imide groups is 2. The van der Waals surface area contributed by atoms with Gasteiger partial charge in [-0.15, -0.1) is 0 Å². The highest BCUT2D eigenvalue weighted by atomic mass is 16.2. The molecule has 0 unspecified atom stereocenters. The van der Waals surface area contributed by atoms with Gasteiger partial charge in [-0.1, -0.05) is 55.8 Å². The summed E-state index contributed by atoms with van der Waals surface area (Å²) in [6.07, 6.45) is 1.32. The Bertz CT molecular complexity index is 1000. The Morgan fingerprint density at radius 1 is 0.867 bits per heavy atom. The van der Waals surface area contributed by atoms with Crippen LogP contribution in [0.5, 0.6) is 0 Å². The van der Waals surface area contributed by atoms with Crippen molar-refractivity contribution < 1.29 is 24.0 Å². The van der Waals surface area contributed by atoms with Gasteiger partial charge in [-0.2, -0.15) is 0 Å². The molecule has 5 amide bonds. The van der Waals surface area contributed by atoms with Crippen molar-refractivity contribution in [1.82, 2.24) is 9.80 Å². The van der Waals surface area contributed by atoms with E-state index in [4.69, 9.17) is 0 Å². The van der Waals surface area contributed by atoms with Crippen molar-refractivity contribution in [2.75, 3.05) is 18.4 Å². The highest BCUT2D eigenvalue weighted by molar-refractivity contribution is 6.45. The Hall–Kier alpha value is -3.81. The molecule has 0 radical (unpaired) electrons. The van der Waals surface area contributed by atoms with Crippen LogP contribution in [-0.2, 0) is 14.4 Å². The highest BCUT2D eigenvalue weighted by Crippen LogP contribution is 2.20. The van der Waals surface area contributed by atoms with Crippen molar-refractivity contribution >= 4 is 35.2 Å². The van der Waals surface area contributed by atoms with E-state index in [1.165, 1.54) is 0 Å². The van der Waals surface area contributed by atoms with Crippen LogP contribution < -0.4 is 5.32 Å². The lowest BCUT2D eigenvalue weighted by Gasteiger charge is -2.16. The lowest BCUT2D eigenvalue weighted by Crippen LogP contribution is -2.39. The predicted molar refractivity (Wildman–Crippen MR) is 109 cm³/mol. The van der Waals surface area contributed by atoms with Gasteiger partial charge >= 0.3 is 17.8 Å². The summed E-state index contributed by atoms with van der Waals surface area (Å²) in [5.74, 6) is -2.92. The van der Waals surface area contributed by atoms with Crippen molar-refractivity contribution in [3.8, 4) is 0 Å². The molecule has 3 rings (SSSR count). The third-order valence-electron chi connectivity index (χ3n) is 4.65. The first-order valence-corrected chi connectivity index (χ1v) is 9.60. The second kappa shape index (κ2) is 9.13. The fourth-order valence-electron chi connectivity index (χ4n) is 3.07. The van der Waals surface area contributed by atoms with Gasteiger partial charge in [-0.05, 0) is 18.6 Å². The first-order chi connectivity index (χ1) is 14.4. The first kappa shape index (κ1) is 20.9. The van der Waals surface area contributed by atoms with E-state index in [1.54, 1.807) is 54.6 Å². The molecule has 0 saturated carbocycles. The summed E-state index contributed by atoms with van der Waals surface area (Å²) in [5.41, 5.74) is 0.989. The van der Waals surface area contributed by atoms with Crippen molar-refractivity contribution in [3.05, 3.63) is 65.7 Å². The van der Waals surface area contributed by atoms with Crippen LogP contribution in [0.15, 0.2) is 54.6 Å². The predicted octanol–water partition coefficient (Wildman–Crippen LogP) is 2.45. The molecular weight excluding hydrogens is 386 g/mol. The average Bonchev–Trinajstić information content (AvgIpc) is 2.96. The number of anilines is 1. The van der Waals surface area contributed by atoms with Crippen LogP contribution in [0.25, 0.3) is 0 Å². The second-order valence-corrected chi connectivity index (χ2v) is 6.77. The van der Waals surface area contributed by atoms with Gasteiger partial charge in [0, 0.05) is 17.7 Å². The van der Waals surface area contributed by atoms with Crippen LogP contribution in [0.4, 0.5) is 10.5 Å². The number of hydrogen-bond donors (Lipinski definition) is 1. The monoisotopic (exact) mass is 407 g/mol. The molecule has 1 fully saturated rings. The number of nitrogens with zero attached hydrogens (tertiary/aromatic N) is 2. The highest BCUT2D eigenvalue weighted by Gasteiger charge is 2.44. The van der Waals surface area contributed by atoms with E-state index in [2.05, 4.69) is 5.32 Å². The summed E-state index contributed by atoms with van der Waals surface area (Å²) in [4.78, 5) is 63.2. The molecule has 0 aliphatic carbocycles. The zero-order valence-electron chi connectivity index (χ0n) is 16.5. The van der Waals surface area contributed by atoms with Gasteiger partial charge in [0.2, 0.25) is 5.91 Å². The van der Waals surface area contributed by atoms with Crippen molar-refractivity contribution in [3.63, 3.8) is 0 Å². The molecule has 8 nitrogen and oxygen atoms in total. The molecule has 0 spiro atoms. The van der Waals surface area contributed by atoms with Crippen LogP contribution in [0.3, 0.4) is 0 Å². The topological polar surface area (TPSA) is 104 Å². The Kier molecular flexibility index (Phi) is 6.36. The van der Waals surface area contributed by atoms with Crippen LogP contribution in [0.1, 0.15) is 35.7 Å². The Morgan fingerprint density at radius 3 is 2.20 bits per heavy atom. The lowest BCUT2D eigenvalue weighted by molar-refractivity contribution is -0.143. The molecule has 1 aliphatic rings. The summed E-state index contributed by atoms with van der Waals surface area (Å²) in [7, 11) is 0. The minimum atomic E-state index is -1.03. The van der Waals surface area contributed by atoms with Gasteiger partial charge in [-0.3, -0.25) is 24.1 Å². The molecule has 2 aromatic rings. The molecule has 1 aliphatic heterocycles. The van der Waals surface area contributed by atoms with E-state index in [0.29, 0.717) is 16.9 Å². The van der Waals surface area contributed by atoms with Crippen molar-refractivity contribution in [2.24, 2.45) is 0 Å². The minimum absolute atomic E-state index is 0.131. The van der Waals surface area contributed by atoms with E-state index < -0.39 is 30.3 Å². The summed E-state index contributed by atoms with van der Waals surface area (Å²) in [5, 5.41) is 2.57. The number of para-hydroxylation sites is 1. The standard InChI is InChI=1S/C22H21N3O5/c1-2-3-13-24-20(28)21(29)25(22(24)30)14-18(26)23-17-12-8-7-11-16(17)19(27)15-9-5-4-6-10-15/h4-12H,2-3,13-14H2,1H3,(H,23,26). The van der Waals surface area contributed by atoms with E-state index in [-0.39, 0.29) is 23.6 Å². The normalized spacial score (nSPS) is 13.7. The van der Waals surface area contributed by atoms with E-state index >= 15 is 0 Å². The molecule has 1 N–H and O–H groups in total. The van der Waals surface area contributed by atoms with Gasteiger partial charge in [0.05, 0.1) is 5.69 Å². The molecule has 2 aromatic carbocycles. The zero-order valence-corrected chi connectivity index (χ0v) is 16.5. The minimum Gasteiger partial charge on any atom is -0.324 e. The van der Waals surface area contributed by atoms with Crippen LogP contribution in [0, 0.1) is 0 Å². The number of hydrogen-bond acceptors (Lipinski definition) is 5. The Morgan fingerprint density at radius 2 is 1.50 bits per heavy atom. The van der Waals surface area contributed by atoms with Gasteiger partial charge in [0.1, 0.15) is 6.54 Å². The molecule has 8 heteroatoms. The summed E-state index contributed by atoms with van der Waals surface area (Å²) in [6.45, 7) is 1.42. The number of amides is 5. The van der Waals surface area contributed by atoms with Crippen LogP contribution in [0.2, 0.25) is 0 Å². The van der Waals surface area contributed by atoms with Gasteiger partial charge < -0.3 is 5.32 Å². The van der Waals surface area contributed by atoms with E-state index in [1.807, 2.05) is 6.92 Å². The largest absolute Gasteiger partial charge is 0.334 e. The van der Waals surface area contributed by atoms with Gasteiger partial charge in [-0.25, -0.2) is 9.69 Å². The summed E-state index contributed by atoms with van der Waals surface area (Å²) < 4.78 is 0. The van der Waals surface area contributed by atoms with Gasteiger partial charge in [0.25, 0.3) is 0 Å². The Balaban J connectivity index is 1.73. The molecule has 1 saturated heterocycles. The van der Waals surface area contributed by atoms with E-state index in [0.717, 1.165) is 11.3 Å². The summed E-state index contributed by atoms with van der Waals surface area (Å²) in [6, 6.07) is 14.2. The molecule has 0 bridgehead atoms. The lowest BCUT2D eigenvalue weighted by atomic mass is 10.0. The maximum Gasteiger partial charge on any atom is 0.334 e. The maximum absolute atomic E-state index is 12.8. The van der Waals surface area contributed by atoms with Crippen molar-refractivity contribution in [1.29, 1.82) is 0 Å². The quantitative estimate of drug-likeness (QED) is 0.411. The molecule has 1 heterocycles. The fourth-order valence-corrected chi connectivity index (χ4v) is 3.07. The maximum atomic E-state index is 12.8. The zero-order chi connectivity index (χ0) is 21.7. The number of benzene rings is 2. The molecule has 0 aromatic heterocycles. The number of rotatable bonds is 8. The van der Waals surface area contributed by atoms with Crippen LogP contribution in [-0.4, -0.2) is 52.4 Å². The third-order valence-corrected chi connectivity index (χ3v) is 4.65. The van der Waals surface area contributed by atoms with Crippen LogP contribution >= 0.6 is 0 Å². The SMILES string of the molecule is CCCCN1C(=O)C(=O)N(CC(=O)Nc2ccccc2C(=O)c2ccccc2)C1=O. The first-order valence-electron chi connectivity index (χ1n) is 9.60. The summed E-state index contributed by atoms with van der Waals surface area (Å²) >= 11 is 0. The molecule has 0 atom stereocenters. The molecule has 30 heavy (non-hydrogen) atoms. The van der Waals surface area contributed by atoms with Crippen molar-refractivity contribution in [2.45, 2.75) is 19.8 Å². The number of urea groups is 1. The Labute approximate surface area is 173 Å². The number of carbonyl (C=O) groups excluding carboxylic acids is 5. The second-order valence-electron chi connectivity index (χ2n) is 6.77. The molecular formula is C22H21N3O5. The third kappa shape index (κ3) is 4.27. The number of ketones is 1. The average molecular weight is 407 g/mol. The fraction of sp³-hybridized carbons (Fsp3) is 0.227. The number of unbranched alkanes of at least 4 members (excludes halogenated alkanes) is 1. The van der Waals surface area contributed by atoms with Gasteiger partial charge in [0.15, 0.2) is 5.78 Å². The number of carbonyl (C=O) groups is 5. The van der Waals surface area contributed by atoms with E-state index in [9.17, 15) is 24.0 Å². The number of nitrogens with one attached hydrogen (secondary N) is 1. The molecule has 154 valence electrons.